The predicted octanol–water partition coefficient (Wildman–Crippen LogP) is 5.22. The Morgan fingerprint density at radius 2 is 1.76 bits per heavy atom. The van der Waals surface area contributed by atoms with Crippen molar-refractivity contribution in [3.63, 3.8) is 0 Å². The van der Waals surface area contributed by atoms with E-state index in [1.165, 1.54) is 0 Å². The van der Waals surface area contributed by atoms with Gasteiger partial charge in [0, 0.05) is 22.3 Å². The number of nitrogens with one attached hydrogen (secondary N) is 1. The number of aryl methyl sites for hydroxylation is 1. The van der Waals surface area contributed by atoms with Gasteiger partial charge in [-0.05, 0) is 48.4 Å². The summed E-state index contributed by atoms with van der Waals surface area (Å²) in [6.07, 6.45) is 0.256. The van der Waals surface area contributed by atoms with Gasteiger partial charge >= 0.3 is 0 Å². The third-order valence-electron chi connectivity index (χ3n) is 5.59. The lowest BCUT2D eigenvalue weighted by molar-refractivity contribution is -0.121. The summed E-state index contributed by atoms with van der Waals surface area (Å²) in [4.78, 5) is 28.8. The third-order valence-corrected chi connectivity index (χ3v) is 6.91. The summed E-state index contributed by atoms with van der Waals surface area (Å²) >= 11 is 1.61. The zero-order valence-electron chi connectivity index (χ0n) is 18.8. The lowest BCUT2D eigenvalue weighted by atomic mass is 10.1. The number of hydrogen-bond donors (Lipinski definition) is 1. The number of ether oxygens (including phenoxy) is 2. The van der Waals surface area contributed by atoms with Crippen molar-refractivity contribution in [2.45, 2.75) is 23.5 Å². The molecule has 0 saturated heterocycles. The molecule has 3 aromatic rings. The molecule has 1 atom stereocenters. The Bertz CT molecular complexity index is 1180. The fraction of sp³-hybridized carbons (Fsp3) is 0.231. The lowest BCUT2D eigenvalue weighted by Crippen LogP contribution is -2.38. The second-order valence-electron chi connectivity index (χ2n) is 7.74. The third kappa shape index (κ3) is 4.98. The van der Waals surface area contributed by atoms with E-state index in [1.54, 1.807) is 30.9 Å². The number of carbonyl (C=O) groups excluding carboxylic acids is 2. The van der Waals surface area contributed by atoms with E-state index in [2.05, 4.69) is 5.32 Å². The van der Waals surface area contributed by atoms with Crippen LogP contribution in [0.4, 0.5) is 11.4 Å². The number of rotatable bonds is 6. The number of hydrogen-bond acceptors (Lipinski definition) is 5. The van der Waals surface area contributed by atoms with Gasteiger partial charge in [-0.1, -0.05) is 36.4 Å². The molecule has 4 rings (SSSR count). The van der Waals surface area contributed by atoms with E-state index in [-0.39, 0.29) is 30.0 Å². The number of para-hydroxylation sites is 2. The minimum Gasteiger partial charge on any atom is -0.493 e. The van der Waals surface area contributed by atoms with Gasteiger partial charge < -0.3 is 19.7 Å². The van der Waals surface area contributed by atoms with Crippen molar-refractivity contribution in [2.75, 3.05) is 31.0 Å². The van der Waals surface area contributed by atoms with Gasteiger partial charge in [0.15, 0.2) is 11.5 Å². The van der Waals surface area contributed by atoms with Crippen LogP contribution in [0, 0.1) is 6.92 Å². The van der Waals surface area contributed by atoms with Crippen LogP contribution in [-0.2, 0) is 9.59 Å². The summed E-state index contributed by atoms with van der Waals surface area (Å²) in [5.74, 6) is 0.922. The molecule has 0 spiro atoms. The molecule has 1 heterocycles. The smallest absolute Gasteiger partial charge is 0.244 e. The van der Waals surface area contributed by atoms with E-state index in [4.69, 9.17) is 9.47 Å². The van der Waals surface area contributed by atoms with Gasteiger partial charge in [0.25, 0.3) is 0 Å². The van der Waals surface area contributed by atoms with Crippen LogP contribution in [0.3, 0.4) is 0 Å². The average molecular weight is 463 g/mol. The summed E-state index contributed by atoms with van der Waals surface area (Å²) in [7, 11) is 3.19. The minimum atomic E-state index is -0.234. The van der Waals surface area contributed by atoms with Gasteiger partial charge in [-0.25, -0.2) is 0 Å². The first kappa shape index (κ1) is 22.7. The van der Waals surface area contributed by atoms with Crippen molar-refractivity contribution in [1.82, 2.24) is 0 Å². The Hall–Kier alpha value is -3.45. The highest BCUT2D eigenvalue weighted by Crippen LogP contribution is 2.46. The van der Waals surface area contributed by atoms with E-state index in [0.29, 0.717) is 11.5 Å². The van der Waals surface area contributed by atoms with Crippen LogP contribution in [-0.4, -0.2) is 32.6 Å². The average Bonchev–Trinajstić information content (AvgIpc) is 2.96. The van der Waals surface area contributed by atoms with Gasteiger partial charge in [-0.3, -0.25) is 9.59 Å². The highest BCUT2D eigenvalue weighted by Gasteiger charge is 2.31. The van der Waals surface area contributed by atoms with Gasteiger partial charge in [-0.2, -0.15) is 0 Å². The number of anilines is 2. The number of methoxy groups -OCH3 is 2. The van der Waals surface area contributed by atoms with Crippen LogP contribution < -0.4 is 19.7 Å². The number of fused-ring (bicyclic) bond motifs is 1. The first-order valence-electron chi connectivity index (χ1n) is 10.6. The van der Waals surface area contributed by atoms with Crippen molar-refractivity contribution in [1.29, 1.82) is 0 Å². The molecule has 33 heavy (non-hydrogen) atoms. The summed E-state index contributed by atoms with van der Waals surface area (Å²) in [5, 5.41) is 2.81. The van der Waals surface area contributed by atoms with E-state index in [9.17, 15) is 9.59 Å². The van der Waals surface area contributed by atoms with Gasteiger partial charge in [0.05, 0.1) is 19.9 Å². The highest BCUT2D eigenvalue weighted by atomic mass is 32.2. The van der Waals surface area contributed by atoms with Crippen molar-refractivity contribution in [2.24, 2.45) is 0 Å². The second kappa shape index (κ2) is 10.0. The molecule has 0 saturated carbocycles. The topological polar surface area (TPSA) is 67.9 Å². The molecule has 0 fully saturated rings. The van der Waals surface area contributed by atoms with Crippen molar-refractivity contribution in [3.8, 4) is 11.5 Å². The van der Waals surface area contributed by atoms with Crippen molar-refractivity contribution in [3.05, 3.63) is 77.9 Å². The zero-order valence-corrected chi connectivity index (χ0v) is 19.6. The number of amides is 2. The van der Waals surface area contributed by atoms with Gasteiger partial charge in [0.1, 0.15) is 6.54 Å². The van der Waals surface area contributed by atoms with Crippen LogP contribution in [0.2, 0.25) is 0 Å². The quantitative estimate of drug-likeness (QED) is 0.544. The Morgan fingerprint density at radius 3 is 2.52 bits per heavy atom. The number of thioether (sulfide) groups is 1. The molecule has 1 aliphatic rings. The van der Waals surface area contributed by atoms with E-state index in [0.717, 1.165) is 27.4 Å². The fourth-order valence-electron chi connectivity index (χ4n) is 3.84. The summed E-state index contributed by atoms with van der Waals surface area (Å²) in [6, 6.07) is 21.0. The highest BCUT2D eigenvalue weighted by molar-refractivity contribution is 7.99. The van der Waals surface area contributed by atoms with Crippen molar-refractivity contribution < 1.29 is 19.1 Å². The molecule has 0 radical (unpaired) electrons. The maximum atomic E-state index is 13.4. The van der Waals surface area contributed by atoms with E-state index >= 15 is 0 Å². The molecule has 0 bridgehead atoms. The SMILES string of the molecule is COc1ccc([C@@H]2CC(=O)N(CC(=O)Nc3ccccc3C)c3ccccc3S2)cc1OC. The molecule has 0 aromatic heterocycles. The monoisotopic (exact) mass is 462 g/mol. The lowest BCUT2D eigenvalue weighted by Gasteiger charge is -2.22. The fourth-order valence-corrected chi connectivity index (χ4v) is 5.11. The molecular formula is C26H26N2O4S. The van der Waals surface area contributed by atoms with Crippen LogP contribution in [0.5, 0.6) is 11.5 Å². The van der Waals surface area contributed by atoms with Crippen LogP contribution in [0.1, 0.15) is 22.8 Å². The molecule has 0 aliphatic carbocycles. The van der Waals surface area contributed by atoms with E-state index < -0.39 is 0 Å². The van der Waals surface area contributed by atoms with E-state index in [1.807, 2.05) is 73.7 Å². The number of benzene rings is 3. The minimum absolute atomic E-state index is 0.0522. The molecule has 2 amide bonds. The molecule has 1 aliphatic heterocycles. The Balaban J connectivity index is 1.60. The maximum absolute atomic E-state index is 13.4. The summed E-state index contributed by atoms with van der Waals surface area (Å²) in [6.45, 7) is 1.88. The number of nitrogens with zero attached hydrogens (tertiary/aromatic N) is 1. The second-order valence-corrected chi connectivity index (χ2v) is 8.98. The Kier molecular flexibility index (Phi) is 6.89. The molecule has 6 nitrogen and oxygen atoms in total. The van der Waals surface area contributed by atoms with Crippen LogP contribution in [0.15, 0.2) is 71.6 Å². The zero-order chi connectivity index (χ0) is 23.4. The Labute approximate surface area is 197 Å². The molecule has 1 N–H and O–H groups in total. The summed E-state index contributed by atoms with van der Waals surface area (Å²) < 4.78 is 10.8. The van der Waals surface area contributed by atoms with Crippen molar-refractivity contribution >= 4 is 35.0 Å². The molecule has 170 valence electrons. The summed E-state index contributed by atoms with van der Waals surface area (Å²) in [5.41, 5.74) is 3.43. The first-order valence-corrected chi connectivity index (χ1v) is 11.5. The largest absolute Gasteiger partial charge is 0.493 e. The predicted molar refractivity (Wildman–Crippen MR) is 131 cm³/mol. The van der Waals surface area contributed by atoms with Gasteiger partial charge in [0.2, 0.25) is 11.8 Å². The standard InChI is InChI=1S/C26H26N2O4S/c1-17-8-4-5-9-19(17)27-25(29)16-28-20-10-6-7-11-23(20)33-24(15-26(28)30)18-12-13-21(31-2)22(14-18)32-3/h4-14,24H,15-16H2,1-3H3,(H,27,29)/t24-/m0/s1. The van der Waals surface area contributed by atoms with Crippen LogP contribution >= 0.6 is 11.8 Å². The maximum Gasteiger partial charge on any atom is 0.244 e. The normalized spacial score (nSPS) is 15.4. The van der Waals surface area contributed by atoms with Crippen LogP contribution in [0.25, 0.3) is 0 Å². The molecule has 3 aromatic carbocycles. The molecule has 0 unspecified atom stereocenters. The van der Waals surface area contributed by atoms with Gasteiger partial charge in [-0.15, -0.1) is 11.8 Å². The molecule has 7 heteroatoms. The Morgan fingerprint density at radius 1 is 1.03 bits per heavy atom. The molecular weight excluding hydrogens is 436 g/mol. The first-order chi connectivity index (χ1) is 16.0. The number of carbonyl (C=O) groups is 2.